The van der Waals surface area contributed by atoms with Crippen LogP contribution in [0.5, 0.6) is 5.75 Å². The third-order valence-electron chi connectivity index (χ3n) is 2.01. The summed E-state index contributed by atoms with van der Waals surface area (Å²) in [4.78, 5) is 10.2. The van der Waals surface area contributed by atoms with E-state index in [0.29, 0.717) is 6.42 Å². The van der Waals surface area contributed by atoms with Crippen molar-refractivity contribution in [1.29, 1.82) is 0 Å². The van der Waals surface area contributed by atoms with E-state index in [1.165, 1.54) is 0 Å². The number of hydrogen-bond acceptors (Lipinski definition) is 3. The topological polar surface area (TPSA) is 38.7 Å². The zero-order valence-electron chi connectivity index (χ0n) is 6.56. The van der Waals surface area contributed by atoms with Crippen molar-refractivity contribution in [2.75, 3.05) is 0 Å². The second-order valence-corrected chi connectivity index (χ2v) is 2.82. The quantitative estimate of drug-likeness (QED) is 0.594. The van der Waals surface area contributed by atoms with Crippen LogP contribution in [-0.4, -0.2) is 6.23 Å². The number of ether oxygens (including phenoxy) is 1. The molecular formula is C9H9NO2. The molecule has 1 heterocycles. The van der Waals surface area contributed by atoms with E-state index in [9.17, 15) is 4.91 Å². The van der Waals surface area contributed by atoms with E-state index in [1.807, 2.05) is 24.3 Å². The molecule has 0 fully saturated rings. The monoisotopic (exact) mass is 163 g/mol. The fourth-order valence-corrected chi connectivity index (χ4v) is 1.38. The van der Waals surface area contributed by atoms with Crippen LogP contribution in [0.3, 0.4) is 0 Å². The zero-order chi connectivity index (χ0) is 8.39. The minimum Gasteiger partial charge on any atom is -0.465 e. The lowest BCUT2D eigenvalue weighted by Crippen LogP contribution is -2.19. The molecule has 0 radical (unpaired) electrons. The van der Waals surface area contributed by atoms with Crippen LogP contribution >= 0.6 is 0 Å². The van der Waals surface area contributed by atoms with E-state index >= 15 is 0 Å². The van der Waals surface area contributed by atoms with E-state index in [4.69, 9.17) is 4.74 Å². The molecule has 1 atom stereocenters. The lowest BCUT2D eigenvalue weighted by Gasteiger charge is -2.20. The summed E-state index contributed by atoms with van der Waals surface area (Å²) in [7, 11) is 0. The maximum absolute atomic E-state index is 10.2. The van der Waals surface area contributed by atoms with Gasteiger partial charge in [-0.3, -0.25) is 0 Å². The van der Waals surface area contributed by atoms with Crippen molar-refractivity contribution in [3.8, 4) is 5.75 Å². The maximum Gasteiger partial charge on any atom is 0.229 e. The first-order chi connectivity index (χ1) is 5.90. The Morgan fingerprint density at radius 2 is 2.25 bits per heavy atom. The van der Waals surface area contributed by atoms with E-state index in [2.05, 4.69) is 5.18 Å². The van der Waals surface area contributed by atoms with Gasteiger partial charge in [-0.05, 0) is 23.2 Å². The van der Waals surface area contributed by atoms with Crippen molar-refractivity contribution < 1.29 is 4.74 Å². The third kappa shape index (κ3) is 1.18. The molecule has 0 spiro atoms. The molecular weight excluding hydrogens is 154 g/mol. The zero-order valence-corrected chi connectivity index (χ0v) is 6.56. The molecule has 1 aromatic carbocycles. The molecule has 3 nitrogen and oxygen atoms in total. The smallest absolute Gasteiger partial charge is 0.229 e. The van der Waals surface area contributed by atoms with Crippen molar-refractivity contribution in [2.45, 2.75) is 19.1 Å². The highest BCUT2D eigenvalue weighted by molar-refractivity contribution is 5.34. The number of benzene rings is 1. The molecule has 0 bridgehead atoms. The van der Waals surface area contributed by atoms with Crippen LogP contribution in [-0.2, 0) is 6.42 Å². The fourth-order valence-electron chi connectivity index (χ4n) is 1.38. The van der Waals surface area contributed by atoms with E-state index in [-0.39, 0.29) is 0 Å². The highest BCUT2D eigenvalue weighted by Crippen LogP contribution is 2.26. The number of aryl methyl sites for hydroxylation is 1. The average Bonchev–Trinajstić information content (AvgIpc) is 2.17. The Labute approximate surface area is 70.3 Å². The molecule has 2 rings (SSSR count). The highest BCUT2D eigenvalue weighted by Gasteiger charge is 2.18. The number of para-hydroxylation sites is 1. The standard InChI is InChI=1S/C9H9NO2/c11-10-9-6-5-7-3-1-2-4-8(7)12-9/h1-4,9H,5-6H2. The molecule has 1 aromatic rings. The van der Waals surface area contributed by atoms with Crippen molar-refractivity contribution in [1.82, 2.24) is 0 Å². The first-order valence-corrected chi connectivity index (χ1v) is 3.97. The van der Waals surface area contributed by atoms with Crippen LogP contribution in [0.25, 0.3) is 0 Å². The summed E-state index contributed by atoms with van der Waals surface area (Å²) in [6.45, 7) is 0. The molecule has 3 heteroatoms. The lowest BCUT2D eigenvalue weighted by molar-refractivity contribution is 0.181. The summed E-state index contributed by atoms with van der Waals surface area (Å²) in [6, 6.07) is 7.74. The minimum atomic E-state index is -0.486. The van der Waals surface area contributed by atoms with Crippen LogP contribution in [0.2, 0.25) is 0 Å². The van der Waals surface area contributed by atoms with Gasteiger partial charge < -0.3 is 4.74 Å². The number of hydrogen-bond donors (Lipinski definition) is 0. The van der Waals surface area contributed by atoms with Gasteiger partial charge in [0.1, 0.15) is 5.75 Å². The Bertz CT molecular complexity index is 298. The van der Waals surface area contributed by atoms with Crippen LogP contribution in [0.15, 0.2) is 29.4 Å². The molecule has 62 valence electrons. The Morgan fingerprint density at radius 1 is 1.42 bits per heavy atom. The van der Waals surface area contributed by atoms with Gasteiger partial charge in [0.25, 0.3) is 0 Å². The Kier molecular flexibility index (Phi) is 1.78. The summed E-state index contributed by atoms with van der Waals surface area (Å²) in [6.07, 6.45) is 1.09. The molecule has 0 N–H and O–H groups in total. The first kappa shape index (κ1) is 7.28. The van der Waals surface area contributed by atoms with E-state index in [0.717, 1.165) is 17.7 Å². The van der Waals surface area contributed by atoms with Gasteiger partial charge >= 0.3 is 0 Å². The Morgan fingerprint density at radius 3 is 3.08 bits per heavy atom. The molecule has 1 aliphatic rings. The van der Waals surface area contributed by atoms with Crippen LogP contribution < -0.4 is 4.74 Å². The Hall–Kier alpha value is -1.38. The summed E-state index contributed by atoms with van der Waals surface area (Å²) < 4.78 is 5.30. The second kappa shape index (κ2) is 2.93. The number of nitroso groups, excluding NO2 is 1. The molecule has 0 saturated carbocycles. The predicted octanol–water partition coefficient (Wildman–Crippen LogP) is 2.10. The summed E-state index contributed by atoms with van der Waals surface area (Å²) in [5, 5.41) is 2.87. The van der Waals surface area contributed by atoms with Crippen molar-refractivity contribution in [3.63, 3.8) is 0 Å². The molecule has 1 aliphatic heterocycles. The number of rotatable bonds is 1. The van der Waals surface area contributed by atoms with Crippen molar-refractivity contribution in [3.05, 3.63) is 34.7 Å². The number of nitrogens with zero attached hydrogens (tertiary/aromatic N) is 1. The van der Waals surface area contributed by atoms with Gasteiger partial charge in [-0.25, -0.2) is 0 Å². The average molecular weight is 163 g/mol. The van der Waals surface area contributed by atoms with Gasteiger partial charge in [0.15, 0.2) is 0 Å². The Balaban J connectivity index is 2.28. The number of fused-ring (bicyclic) bond motifs is 1. The summed E-state index contributed by atoms with van der Waals surface area (Å²) in [5.41, 5.74) is 1.16. The van der Waals surface area contributed by atoms with Gasteiger partial charge in [-0.15, -0.1) is 4.91 Å². The predicted molar refractivity (Wildman–Crippen MR) is 45.0 cm³/mol. The van der Waals surface area contributed by atoms with Gasteiger partial charge in [0.2, 0.25) is 6.23 Å². The van der Waals surface area contributed by atoms with Crippen LogP contribution in [0, 0.1) is 4.91 Å². The molecule has 0 aliphatic carbocycles. The lowest BCUT2D eigenvalue weighted by atomic mass is 10.1. The largest absolute Gasteiger partial charge is 0.465 e. The molecule has 0 amide bonds. The highest BCUT2D eigenvalue weighted by atomic mass is 16.5. The normalized spacial score (nSPS) is 20.8. The molecule has 0 saturated heterocycles. The summed E-state index contributed by atoms with van der Waals surface area (Å²) in [5.74, 6) is 0.799. The third-order valence-corrected chi connectivity index (χ3v) is 2.01. The molecule has 1 unspecified atom stereocenters. The van der Waals surface area contributed by atoms with E-state index < -0.39 is 6.23 Å². The van der Waals surface area contributed by atoms with Gasteiger partial charge in [0.05, 0.1) is 0 Å². The minimum absolute atomic E-state index is 0.486. The van der Waals surface area contributed by atoms with Crippen molar-refractivity contribution >= 4 is 0 Å². The van der Waals surface area contributed by atoms with Crippen LogP contribution in [0.4, 0.5) is 0 Å². The van der Waals surface area contributed by atoms with Gasteiger partial charge in [0, 0.05) is 6.42 Å². The SMILES string of the molecule is O=NC1CCc2ccccc2O1. The van der Waals surface area contributed by atoms with Gasteiger partial charge in [-0.1, -0.05) is 18.2 Å². The van der Waals surface area contributed by atoms with Gasteiger partial charge in [-0.2, -0.15) is 0 Å². The van der Waals surface area contributed by atoms with Crippen LogP contribution in [0.1, 0.15) is 12.0 Å². The second-order valence-electron chi connectivity index (χ2n) is 2.82. The summed E-state index contributed by atoms with van der Waals surface area (Å²) >= 11 is 0. The molecule has 12 heavy (non-hydrogen) atoms. The molecule has 0 aromatic heterocycles. The van der Waals surface area contributed by atoms with E-state index in [1.54, 1.807) is 0 Å². The fraction of sp³-hybridized carbons (Fsp3) is 0.333. The maximum atomic E-state index is 10.2. The van der Waals surface area contributed by atoms with Crippen molar-refractivity contribution in [2.24, 2.45) is 5.18 Å². The first-order valence-electron chi connectivity index (χ1n) is 3.97.